The average Bonchev–Trinajstić information content (AvgIpc) is 3.15. The number of ether oxygens (including phenoxy) is 2. The number of nitrogens with zero attached hydrogens (tertiary/aromatic N) is 4. The molecule has 0 spiro atoms. The van der Waals surface area contributed by atoms with Gasteiger partial charge in [0.1, 0.15) is 18.1 Å². The maximum Gasteiger partial charge on any atom is 0.270 e. The SMILES string of the molecule is CCOc1cc(C(=O)NC2CCCn3nc(COC)nc32)[nH]n1. The molecule has 0 bridgehead atoms. The minimum absolute atomic E-state index is 0.173. The minimum atomic E-state index is -0.238. The molecule has 3 rings (SSSR count). The lowest BCUT2D eigenvalue weighted by Crippen LogP contribution is -2.33. The summed E-state index contributed by atoms with van der Waals surface area (Å²) in [7, 11) is 1.60. The van der Waals surface area contributed by atoms with E-state index in [-0.39, 0.29) is 11.9 Å². The van der Waals surface area contributed by atoms with Crippen molar-refractivity contribution in [3.05, 3.63) is 23.4 Å². The summed E-state index contributed by atoms with van der Waals surface area (Å²) >= 11 is 0. The second-order valence-electron chi connectivity index (χ2n) is 5.26. The number of fused-ring (bicyclic) bond motifs is 1. The third-order valence-electron chi connectivity index (χ3n) is 3.59. The number of H-pyrrole nitrogens is 1. The number of aromatic amines is 1. The molecule has 0 aliphatic carbocycles. The zero-order chi connectivity index (χ0) is 16.2. The van der Waals surface area contributed by atoms with Crippen molar-refractivity contribution in [2.24, 2.45) is 0 Å². The molecule has 0 aromatic carbocycles. The number of hydrogen-bond donors (Lipinski definition) is 2. The van der Waals surface area contributed by atoms with Gasteiger partial charge in [0.15, 0.2) is 5.82 Å². The zero-order valence-electron chi connectivity index (χ0n) is 13.2. The summed E-state index contributed by atoms with van der Waals surface area (Å²) in [6.45, 7) is 3.52. The van der Waals surface area contributed by atoms with Gasteiger partial charge in [0, 0.05) is 19.7 Å². The fourth-order valence-corrected chi connectivity index (χ4v) is 2.60. The Morgan fingerprint density at radius 2 is 2.43 bits per heavy atom. The number of aromatic nitrogens is 5. The predicted molar refractivity (Wildman–Crippen MR) is 79.9 cm³/mol. The van der Waals surface area contributed by atoms with E-state index in [9.17, 15) is 4.79 Å². The molecule has 9 nitrogen and oxygen atoms in total. The number of rotatable bonds is 6. The number of nitrogens with one attached hydrogen (secondary N) is 2. The zero-order valence-corrected chi connectivity index (χ0v) is 13.2. The van der Waals surface area contributed by atoms with E-state index in [1.807, 2.05) is 11.6 Å². The van der Waals surface area contributed by atoms with Gasteiger partial charge in [0.25, 0.3) is 5.91 Å². The Morgan fingerprint density at radius 1 is 1.57 bits per heavy atom. The summed E-state index contributed by atoms with van der Waals surface area (Å²) < 4.78 is 12.1. The smallest absolute Gasteiger partial charge is 0.270 e. The van der Waals surface area contributed by atoms with E-state index in [4.69, 9.17) is 9.47 Å². The van der Waals surface area contributed by atoms with Gasteiger partial charge in [-0.1, -0.05) is 0 Å². The molecule has 1 aliphatic heterocycles. The van der Waals surface area contributed by atoms with Crippen molar-refractivity contribution in [1.29, 1.82) is 0 Å². The largest absolute Gasteiger partial charge is 0.477 e. The summed E-state index contributed by atoms with van der Waals surface area (Å²) in [6, 6.07) is 1.41. The first-order valence-electron chi connectivity index (χ1n) is 7.63. The third kappa shape index (κ3) is 3.34. The van der Waals surface area contributed by atoms with Crippen LogP contribution in [0.15, 0.2) is 6.07 Å². The predicted octanol–water partition coefficient (Wildman–Crippen LogP) is 0.811. The maximum absolute atomic E-state index is 12.4. The third-order valence-corrected chi connectivity index (χ3v) is 3.59. The van der Waals surface area contributed by atoms with Crippen molar-refractivity contribution in [2.45, 2.75) is 39.0 Å². The number of aryl methyl sites for hydroxylation is 1. The van der Waals surface area contributed by atoms with Gasteiger partial charge in [-0.15, -0.1) is 5.10 Å². The molecule has 124 valence electrons. The van der Waals surface area contributed by atoms with Crippen LogP contribution in [0.2, 0.25) is 0 Å². The number of methoxy groups -OCH3 is 1. The minimum Gasteiger partial charge on any atom is -0.477 e. The summed E-state index contributed by atoms with van der Waals surface area (Å²) in [5.74, 6) is 1.56. The van der Waals surface area contributed by atoms with Gasteiger partial charge >= 0.3 is 0 Å². The summed E-state index contributed by atoms with van der Waals surface area (Å²) in [5.41, 5.74) is 0.363. The molecule has 1 atom stereocenters. The molecular weight excluding hydrogens is 300 g/mol. The highest BCUT2D eigenvalue weighted by atomic mass is 16.5. The Labute approximate surface area is 133 Å². The second kappa shape index (κ2) is 6.78. The highest BCUT2D eigenvalue weighted by Crippen LogP contribution is 2.23. The lowest BCUT2D eigenvalue weighted by Gasteiger charge is -2.22. The van der Waals surface area contributed by atoms with E-state index in [1.165, 1.54) is 0 Å². The van der Waals surface area contributed by atoms with Crippen molar-refractivity contribution in [3.8, 4) is 5.88 Å². The molecule has 0 fully saturated rings. The lowest BCUT2D eigenvalue weighted by atomic mass is 10.1. The van der Waals surface area contributed by atoms with Gasteiger partial charge in [0.05, 0.1) is 12.6 Å². The van der Waals surface area contributed by atoms with Crippen LogP contribution in [0.3, 0.4) is 0 Å². The first kappa shape index (κ1) is 15.5. The Hall–Kier alpha value is -2.42. The van der Waals surface area contributed by atoms with E-state index < -0.39 is 0 Å². The Bertz CT molecular complexity index is 680. The molecule has 1 unspecified atom stereocenters. The molecule has 1 amide bonds. The van der Waals surface area contributed by atoms with Gasteiger partial charge in [-0.25, -0.2) is 9.67 Å². The van der Waals surface area contributed by atoms with Crippen LogP contribution in [0.4, 0.5) is 0 Å². The van der Waals surface area contributed by atoms with Crippen molar-refractivity contribution in [1.82, 2.24) is 30.3 Å². The molecule has 23 heavy (non-hydrogen) atoms. The van der Waals surface area contributed by atoms with Crippen LogP contribution < -0.4 is 10.1 Å². The normalized spacial score (nSPS) is 16.9. The summed E-state index contributed by atoms with van der Waals surface area (Å²) in [5, 5.41) is 14.0. The molecule has 2 aromatic rings. The highest BCUT2D eigenvalue weighted by Gasteiger charge is 2.26. The van der Waals surface area contributed by atoms with Crippen LogP contribution in [0, 0.1) is 0 Å². The van der Waals surface area contributed by atoms with Crippen molar-refractivity contribution in [2.75, 3.05) is 13.7 Å². The molecule has 2 N–H and O–H groups in total. The first-order chi connectivity index (χ1) is 11.2. The van der Waals surface area contributed by atoms with Gasteiger partial charge in [0.2, 0.25) is 5.88 Å². The summed E-state index contributed by atoms with van der Waals surface area (Å²) in [4.78, 5) is 16.8. The van der Waals surface area contributed by atoms with Crippen LogP contribution in [0.1, 0.15) is 47.9 Å². The molecule has 3 heterocycles. The van der Waals surface area contributed by atoms with Crippen LogP contribution in [0.25, 0.3) is 0 Å². The molecule has 1 aliphatic rings. The molecule has 0 radical (unpaired) electrons. The van der Waals surface area contributed by atoms with Crippen molar-refractivity contribution in [3.63, 3.8) is 0 Å². The lowest BCUT2D eigenvalue weighted by molar-refractivity contribution is 0.0922. The van der Waals surface area contributed by atoms with Crippen LogP contribution in [-0.4, -0.2) is 44.6 Å². The fourth-order valence-electron chi connectivity index (χ4n) is 2.60. The monoisotopic (exact) mass is 320 g/mol. The fraction of sp³-hybridized carbons (Fsp3) is 0.571. The topological polar surface area (TPSA) is 107 Å². The van der Waals surface area contributed by atoms with Crippen LogP contribution >= 0.6 is 0 Å². The van der Waals surface area contributed by atoms with E-state index in [1.54, 1.807) is 13.2 Å². The molecule has 0 saturated heterocycles. The molecule has 0 saturated carbocycles. The first-order valence-corrected chi connectivity index (χ1v) is 7.63. The van der Waals surface area contributed by atoms with E-state index in [2.05, 4.69) is 25.6 Å². The van der Waals surface area contributed by atoms with E-state index in [0.717, 1.165) is 25.2 Å². The molecule has 2 aromatic heterocycles. The second-order valence-corrected chi connectivity index (χ2v) is 5.26. The standard InChI is InChI=1S/C14H20N6O3/c1-3-23-12-7-10(17-18-12)14(21)15-9-5-4-6-20-13(9)16-11(19-20)8-22-2/h7,9H,3-6,8H2,1-2H3,(H,15,21)(H,17,18). The van der Waals surface area contributed by atoms with Gasteiger partial charge in [-0.3, -0.25) is 9.89 Å². The molecule has 9 heteroatoms. The van der Waals surface area contributed by atoms with Gasteiger partial charge in [-0.2, -0.15) is 5.10 Å². The van der Waals surface area contributed by atoms with Crippen molar-refractivity contribution >= 4 is 5.91 Å². The van der Waals surface area contributed by atoms with Crippen molar-refractivity contribution < 1.29 is 14.3 Å². The highest BCUT2D eigenvalue weighted by molar-refractivity contribution is 5.92. The van der Waals surface area contributed by atoms with E-state index in [0.29, 0.717) is 30.6 Å². The van der Waals surface area contributed by atoms with E-state index >= 15 is 0 Å². The number of carbonyl (C=O) groups excluding carboxylic acids is 1. The van der Waals surface area contributed by atoms with Crippen LogP contribution in [-0.2, 0) is 17.9 Å². The Morgan fingerprint density at radius 3 is 3.22 bits per heavy atom. The number of hydrogen-bond acceptors (Lipinski definition) is 6. The quantitative estimate of drug-likeness (QED) is 0.815. The van der Waals surface area contributed by atoms with Gasteiger partial charge < -0.3 is 14.8 Å². The number of carbonyl (C=O) groups is 1. The number of amides is 1. The Kier molecular flexibility index (Phi) is 4.56. The van der Waals surface area contributed by atoms with Gasteiger partial charge in [-0.05, 0) is 19.8 Å². The Balaban J connectivity index is 1.71. The van der Waals surface area contributed by atoms with Crippen LogP contribution in [0.5, 0.6) is 5.88 Å². The summed E-state index contributed by atoms with van der Waals surface area (Å²) in [6.07, 6.45) is 1.75. The molecular formula is C14H20N6O3. The maximum atomic E-state index is 12.4. The average molecular weight is 320 g/mol.